The van der Waals surface area contributed by atoms with Crippen LogP contribution in [0.2, 0.25) is 5.02 Å². The Morgan fingerprint density at radius 1 is 1.27 bits per heavy atom. The van der Waals surface area contributed by atoms with Crippen LogP contribution in [0.4, 0.5) is 23.7 Å². The standard InChI is InChI=1S/C20H16ClF3N2O3S/c21-17-10-13(25-11-30)9-16(20(22,23)24)18(17)12-2-1-3-15(8-12)29-14-4-6-26(7-5-14)19(27)28/h1-3,8-10,14H,4-7H2,(H,27,28). The van der Waals surface area contributed by atoms with E-state index in [4.69, 9.17) is 21.4 Å². The topological polar surface area (TPSA) is 62.1 Å². The smallest absolute Gasteiger partial charge is 0.417 e. The molecule has 1 amide bonds. The number of alkyl halides is 3. The van der Waals surface area contributed by atoms with E-state index in [9.17, 15) is 18.0 Å². The number of hydrogen-bond donors (Lipinski definition) is 1. The molecule has 1 aliphatic heterocycles. The SMILES string of the molecule is O=C(O)N1CCC(Oc2cccc(-c3c(Cl)cc(N=C=S)cc3C(F)(F)F)c2)CC1. The molecule has 1 saturated heterocycles. The van der Waals surface area contributed by atoms with Crippen LogP contribution >= 0.6 is 23.8 Å². The van der Waals surface area contributed by atoms with E-state index >= 15 is 0 Å². The van der Waals surface area contributed by atoms with E-state index in [2.05, 4.69) is 17.2 Å². The number of aliphatic imine (C=N–C) groups is 1. The first-order valence-electron chi connectivity index (χ1n) is 8.92. The Labute approximate surface area is 180 Å². The van der Waals surface area contributed by atoms with Crippen molar-refractivity contribution in [1.82, 2.24) is 4.90 Å². The number of nitrogens with zero attached hydrogens (tertiary/aromatic N) is 2. The number of carbonyl (C=O) groups is 1. The normalized spacial score (nSPS) is 14.9. The molecule has 0 aliphatic carbocycles. The van der Waals surface area contributed by atoms with E-state index in [0.717, 1.165) is 6.07 Å². The lowest BCUT2D eigenvalue weighted by atomic mass is 9.98. The first kappa shape index (κ1) is 22.1. The predicted molar refractivity (Wildman–Crippen MR) is 110 cm³/mol. The summed E-state index contributed by atoms with van der Waals surface area (Å²) >= 11 is 10.6. The highest BCUT2D eigenvalue weighted by molar-refractivity contribution is 7.78. The molecular formula is C20H16ClF3N2O3S. The largest absolute Gasteiger partial charge is 0.490 e. The molecule has 3 rings (SSSR count). The van der Waals surface area contributed by atoms with Crippen molar-refractivity contribution in [2.24, 2.45) is 4.99 Å². The van der Waals surface area contributed by atoms with Gasteiger partial charge in [-0.1, -0.05) is 23.7 Å². The molecule has 1 fully saturated rings. The lowest BCUT2D eigenvalue weighted by Crippen LogP contribution is -2.41. The lowest BCUT2D eigenvalue weighted by molar-refractivity contribution is -0.137. The second-order valence-electron chi connectivity index (χ2n) is 6.67. The molecule has 1 heterocycles. The Hall–Kier alpha value is -2.61. The first-order chi connectivity index (χ1) is 14.2. The monoisotopic (exact) mass is 456 g/mol. The van der Waals surface area contributed by atoms with Crippen LogP contribution in [0.3, 0.4) is 0 Å². The van der Waals surface area contributed by atoms with Crippen LogP contribution in [-0.4, -0.2) is 40.5 Å². The van der Waals surface area contributed by atoms with Gasteiger partial charge in [0.05, 0.1) is 21.4 Å². The highest BCUT2D eigenvalue weighted by Gasteiger charge is 2.35. The summed E-state index contributed by atoms with van der Waals surface area (Å²) in [6, 6.07) is 8.38. The average molecular weight is 457 g/mol. The Balaban J connectivity index is 1.91. The number of piperidine rings is 1. The van der Waals surface area contributed by atoms with Gasteiger partial charge in [0, 0.05) is 31.5 Å². The molecule has 0 spiro atoms. The Morgan fingerprint density at radius 2 is 1.97 bits per heavy atom. The molecule has 2 aromatic rings. The van der Waals surface area contributed by atoms with E-state index in [1.807, 2.05) is 5.16 Å². The van der Waals surface area contributed by atoms with Crippen molar-refractivity contribution in [3.05, 3.63) is 47.0 Å². The van der Waals surface area contributed by atoms with Crippen LogP contribution in [0, 0.1) is 0 Å². The van der Waals surface area contributed by atoms with Crippen LogP contribution < -0.4 is 4.74 Å². The van der Waals surface area contributed by atoms with Gasteiger partial charge in [-0.05, 0) is 42.0 Å². The summed E-state index contributed by atoms with van der Waals surface area (Å²) in [5.74, 6) is 0.381. The number of rotatable bonds is 4. The maximum absolute atomic E-state index is 13.7. The zero-order valence-corrected chi connectivity index (χ0v) is 17.0. The average Bonchev–Trinajstić information content (AvgIpc) is 2.68. The van der Waals surface area contributed by atoms with Gasteiger partial charge in [-0.15, -0.1) is 0 Å². The van der Waals surface area contributed by atoms with E-state index in [1.54, 1.807) is 12.1 Å². The molecule has 0 unspecified atom stereocenters. The fourth-order valence-corrected chi connectivity index (χ4v) is 3.74. The van der Waals surface area contributed by atoms with Gasteiger partial charge in [-0.25, -0.2) is 4.79 Å². The van der Waals surface area contributed by atoms with Gasteiger partial charge in [0.15, 0.2) is 0 Å². The summed E-state index contributed by atoms with van der Waals surface area (Å²) < 4.78 is 46.9. The van der Waals surface area contributed by atoms with Gasteiger partial charge in [0.2, 0.25) is 0 Å². The molecule has 0 atom stereocenters. The molecule has 1 N–H and O–H groups in total. The summed E-state index contributed by atoms with van der Waals surface area (Å²) in [5.41, 5.74) is -0.918. The van der Waals surface area contributed by atoms with E-state index < -0.39 is 17.8 Å². The molecule has 0 radical (unpaired) electrons. The summed E-state index contributed by atoms with van der Waals surface area (Å²) in [7, 11) is 0. The van der Waals surface area contributed by atoms with Gasteiger partial charge in [-0.3, -0.25) is 0 Å². The second-order valence-corrected chi connectivity index (χ2v) is 7.26. The van der Waals surface area contributed by atoms with E-state index in [-0.39, 0.29) is 27.9 Å². The summed E-state index contributed by atoms with van der Waals surface area (Å²) in [4.78, 5) is 15.9. The molecule has 0 saturated carbocycles. The third-order valence-electron chi connectivity index (χ3n) is 4.69. The predicted octanol–water partition coefficient (Wildman–Crippen LogP) is 6.28. The molecule has 0 bridgehead atoms. The van der Waals surface area contributed by atoms with Crippen LogP contribution in [0.15, 0.2) is 41.4 Å². The van der Waals surface area contributed by atoms with Crippen molar-refractivity contribution >= 4 is 40.8 Å². The van der Waals surface area contributed by atoms with Crippen molar-refractivity contribution in [2.45, 2.75) is 25.1 Å². The minimum Gasteiger partial charge on any atom is -0.490 e. The molecule has 1 aliphatic rings. The Kier molecular flexibility index (Phi) is 6.65. The molecule has 158 valence electrons. The summed E-state index contributed by atoms with van der Waals surface area (Å²) in [6.45, 7) is 0.678. The van der Waals surface area contributed by atoms with Gasteiger partial charge >= 0.3 is 12.3 Å². The molecule has 5 nitrogen and oxygen atoms in total. The number of carboxylic acid groups (broad SMARTS) is 1. The van der Waals surface area contributed by atoms with E-state index in [1.165, 1.54) is 23.1 Å². The van der Waals surface area contributed by atoms with Crippen molar-refractivity contribution in [2.75, 3.05) is 13.1 Å². The van der Waals surface area contributed by atoms with Crippen molar-refractivity contribution in [3.63, 3.8) is 0 Å². The number of ether oxygens (including phenoxy) is 1. The number of hydrogen-bond acceptors (Lipinski definition) is 4. The zero-order chi connectivity index (χ0) is 21.9. The second kappa shape index (κ2) is 9.04. The van der Waals surface area contributed by atoms with Crippen molar-refractivity contribution in [1.29, 1.82) is 0 Å². The number of thiocarbonyl (C=S) groups is 1. The minimum absolute atomic E-state index is 0.0383. The number of likely N-dealkylation sites (tertiary alicyclic amines) is 1. The van der Waals surface area contributed by atoms with Crippen LogP contribution in [0.1, 0.15) is 18.4 Å². The van der Waals surface area contributed by atoms with E-state index in [0.29, 0.717) is 31.7 Å². The van der Waals surface area contributed by atoms with Gasteiger partial charge in [-0.2, -0.15) is 18.2 Å². The summed E-state index contributed by atoms with van der Waals surface area (Å²) in [5, 5.41) is 10.9. The third-order valence-corrected chi connectivity index (χ3v) is 5.08. The number of amides is 1. The Bertz CT molecular complexity index is 1000. The molecule has 2 aromatic carbocycles. The first-order valence-corrected chi connectivity index (χ1v) is 9.71. The maximum Gasteiger partial charge on any atom is 0.417 e. The third kappa shape index (κ3) is 5.11. The number of isothiocyanates is 1. The van der Waals surface area contributed by atoms with Crippen LogP contribution in [0.5, 0.6) is 5.75 Å². The van der Waals surface area contributed by atoms with Crippen molar-refractivity contribution in [3.8, 4) is 16.9 Å². The maximum atomic E-state index is 13.7. The van der Waals surface area contributed by atoms with Gasteiger partial charge in [0.1, 0.15) is 11.9 Å². The number of halogens is 4. The fraction of sp³-hybridized carbons (Fsp3) is 0.300. The molecule has 10 heteroatoms. The van der Waals surface area contributed by atoms with Crippen molar-refractivity contribution < 1.29 is 27.8 Å². The molecule has 0 aromatic heterocycles. The highest BCUT2D eigenvalue weighted by Crippen LogP contribution is 2.44. The fourth-order valence-electron chi connectivity index (χ4n) is 3.31. The molecule has 30 heavy (non-hydrogen) atoms. The van der Waals surface area contributed by atoms with Gasteiger partial charge in [0.25, 0.3) is 0 Å². The van der Waals surface area contributed by atoms with Gasteiger partial charge < -0.3 is 14.7 Å². The Morgan fingerprint density at radius 3 is 2.57 bits per heavy atom. The molecular weight excluding hydrogens is 441 g/mol. The van der Waals surface area contributed by atoms with Crippen LogP contribution in [-0.2, 0) is 6.18 Å². The summed E-state index contributed by atoms with van der Waals surface area (Å²) in [6.07, 6.45) is -4.88. The lowest BCUT2D eigenvalue weighted by Gasteiger charge is -2.30. The highest BCUT2D eigenvalue weighted by atomic mass is 35.5. The zero-order valence-electron chi connectivity index (χ0n) is 15.4. The van der Waals surface area contributed by atoms with Crippen LogP contribution in [0.25, 0.3) is 11.1 Å². The quantitative estimate of drug-likeness (QED) is 0.434. The minimum atomic E-state index is -4.66. The number of benzene rings is 2.